The zero-order valence-electron chi connectivity index (χ0n) is 11.5. The molecule has 1 aliphatic carbocycles. The highest BCUT2D eigenvalue weighted by atomic mass is 15.1. The Morgan fingerprint density at radius 2 is 1.88 bits per heavy atom. The van der Waals surface area contributed by atoms with Crippen LogP contribution in [0.15, 0.2) is 0 Å². The summed E-state index contributed by atoms with van der Waals surface area (Å²) in [7, 11) is 2.10. The first-order chi connectivity index (χ1) is 7.76. The summed E-state index contributed by atoms with van der Waals surface area (Å²) in [5, 5.41) is 3.41. The maximum Gasteiger partial charge on any atom is 0.00500 e. The number of hydrogen-bond acceptors (Lipinski definition) is 2. The topological polar surface area (TPSA) is 15.3 Å². The molecule has 0 bridgehead atoms. The van der Waals surface area contributed by atoms with Gasteiger partial charge in [0.2, 0.25) is 0 Å². The maximum absolute atomic E-state index is 3.41. The fraction of sp³-hybridized carbons (Fsp3) is 1.00. The van der Waals surface area contributed by atoms with Gasteiger partial charge in [-0.1, -0.05) is 33.1 Å². The molecule has 0 saturated heterocycles. The van der Waals surface area contributed by atoms with Gasteiger partial charge >= 0.3 is 0 Å². The van der Waals surface area contributed by atoms with E-state index in [0.717, 1.165) is 0 Å². The number of unbranched alkanes of at least 4 members (excludes halogenated alkanes) is 1. The van der Waals surface area contributed by atoms with Gasteiger partial charge in [-0.25, -0.2) is 0 Å². The van der Waals surface area contributed by atoms with Crippen LogP contribution in [0.25, 0.3) is 0 Å². The van der Waals surface area contributed by atoms with Crippen molar-refractivity contribution < 1.29 is 0 Å². The van der Waals surface area contributed by atoms with Crippen LogP contribution in [-0.2, 0) is 0 Å². The quantitative estimate of drug-likeness (QED) is 0.684. The lowest BCUT2D eigenvalue weighted by Crippen LogP contribution is -2.42. The smallest absolute Gasteiger partial charge is 0.00500 e. The normalized spacial score (nSPS) is 19.5. The molecule has 0 aliphatic heterocycles. The van der Waals surface area contributed by atoms with Crippen LogP contribution in [0.2, 0.25) is 0 Å². The molecule has 0 aromatic rings. The Morgan fingerprint density at radius 3 is 2.38 bits per heavy atom. The van der Waals surface area contributed by atoms with Crippen LogP contribution in [0.1, 0.15) is 52.4 Å². The van der Waals surface area contributed by atoms with Crippen molar-refractivity contribution >= 4 is 0 Å². The van der Waals surface area contributed by atoms with Crippen molar-refractivity contribution in [2.75, 3.05) is 33.2 Å². The Balaban J connectivity index is 2.45. The molecular weight excluding hydrogens is 196 g/mol. The first kappa shape index (κ1) is 14.0. The summed E-state index contributed by atoms with van der Waals surface area (Å²) in [5.74, 6) is 0. The van der Waals surface area contributed by atoms with E-state index in [2.05, 4.69) is 31.1 Å². The molecule has 0 amide bonds. The van der Waals surface area contributed by atoms with Gasteiger partial charge in [-0.15, -0.1) is 0 Å². The number of nitrogens with one attached hydrogen (secondary N) is 1. The molecule has 1 N–H and O–H groups in total. The van der Waals surface area contributed by atoms with E-state index in [1.807, 2.05) is 0 Å². The fourth-order valence-electron chi connectivity index (χ4n) is 3.10. The van der Waals surface area contributed by atoms with Gasteiger partial charge in [-0.2, -0.15) is 0 Å². The van der Waals surface area contributed by atoms with Gasteiger partial charge < -0.3 is 10.2 Å². The summed E-state index contributed by atoms with van der Waals surface area (Å²) >= 11 is 0. The van der Waals surface area contributed by atoms with Crippen molar-refractivity contribution in [1.29, 1.82) is 0 Å². The predicted molar refractivity (Wildman–Crippen MR) is 71.8 cm³/mol. The van der Waals surface area contributed by atoms with E-state index in [9.17, 15) is 0 Å². The highest BCUT2D eigenvalue weighted by Crippen LogP contribution is 2.38. The van der Waals surface area contributed by atoms with E-state index < -0.39 is 0 Å². The molecule has 1 rings (SSSR count). The van der Waals surface area contributed by atoms with Crippen LogP contribution in [0.4, 0.5) is 0 Å². The van der Waals surface area contributed by atoms with Crippen LogP contribution < -0.4 is 5.32 Å². The first-order valence-corrected chi connectivity index (χ1v) is 7.13. The van der Waals surface area contributed by atoms with Gasteiger partial charge in [0.25, 0.3) is 0 Å². The van der Waals surface area contributed by atoms with Crippen molar-refractivity contribution in [1.82, 2.24) is 10.2 Å². The van der Waals surface area contributed by atoms with Gasteiger partial charge in [0.1, 0.15) is 0 Å². The molecule has 1 fully saturated rings. The molecule has 0 heterocycles. The summed E-state index contributed by atoms with van der Waals surface area (Å²) in [6.07, 6.45) is 8.39. The van der Waals surface area contributed by atoms with Crippen molar-refractivity contribution in [3.05, 3.63) is 0 Å². The number of rotatable bonds is 8. The van der Waals surface area contributed by atoms with E-state index in [4.69, 9.17) is 0 Å². The molecule has 1 saturated carbocycles. The number of hydrogen-bond donors (Lipinski definition) is 1. The molecule has 0 aromatic heterocycles. The van der Waals surface area contributed by atoms with Gasteiger partial charge in [0, 0.05) is 13.1 Å². The second kappa shape index (κ2) is 7.29. The van der Waals surface area contributed by atoms with Crippen LogP contribution in [0, 0.1) is 5.41 Å². The molecule has 0 atom stereocenters. The van der Waals surface area contributed by atoms with Crippen molar-refractivity contribution in [3.8, 4) is 0 Å². The summed E-state index contributed by atoms with van der Waals surface area (Å²) in [6, 6.07) is 0. The lowest BCUT2D eigenvalue weighted by Gasteiger charge is -2.35. The Labute approximate surface area is 102 Å². The lowest BCUT2D eigenvalue weighted by molar-refractivity contribution is 0.154. The second-order valence-corrected chi connectivity index (χ2v) is 5.46. The van der Waals surface area contributed by atoms with E-state index >= 15 is 0 Å². The van der Waals surface area contributed by atoms with Crippen LogP contribution >= 0.6 is 0 Å². The monoisotopic (exact) mass is 226 g/mol. The van der Waals surface area contributed by atoms with E-state index in [1.54, 1.807) is 0 Å². The summed E-state index contributed by atoms with van der Waals surface area (Å²) in [4.78, 5) is 2.66. The molecule has 16 heavy (non-hydrogen) atoms. The largest absolute Gasteiger partial charge is 0.319 e. The second-order valence-electron chi connectivity index (χ2n) is 5.46. The first-order valence-electron chi connectivity index (χ1n) is 7.13. The van der Waals surface area contributed by atoms with E-state index in [0.29, 0.717) is 5.41 Å². The Morgan fingerprint density at radius 1 is 1.19 bits per heavy atom. The molecule has 2 heteroatoms. The molecule has 0 radical (unpaired) electrons. The van der Waals surface area contributed by atoms with Crippen molar-refractivity contribution in [2.24, 2.45) is 5.41 Å². The minimum absolute atomic E-state index is 0.582. The minimum atomic E-state index is 0.582. The fourth-order valence-corrected chi connectivity index (χ4v) is 3.10. The molecule has 2 nitrogen and oxygen atoms in total. The van der Waals surface area contributed by atoms with Crippen molar-refractivity contribution in [2.45, 2.75) is 52.4 Å². The molecule has 1 aliphatic rings. The van der Waals surface area contributed by atoms with Gasteiger partial charge in [-0.3, -0.25) is 0 Å². The average Bonchev–Trinajstić information content (AvgIpc) is 2.73. The van der Waals surface area contributed by atoms with E-state index in [1.165, 1.54) is 64.7 Å². The van der Waals surface area contributed by atoms with Gasteiger partial charge in [0.15, 0.2) is 0 Å². The average molecular weight is 226 g/mol. The summed E-state index contributed by atoms with van der Waals surface area (Å²) in [5.41, 5.74) is 0.582. The lowest BCUT2D eigenvalue weighted by atomic mass is 9.85. The van der Waals surface area contributed by atoms with Crippen molar-refractivity contribution in [3.63, 3.8) is 0 Å². The Bertz CT molecular complexity index is 174. The third-order valence-electron chi connectivity index (χ3n) is 4.05. The molecule has 0 spiro atoms. The number of nitrogens with zero attached hydrogens (tertiary/aromatic N) is 1. The third kappa shape index (κ3) is 4.06. The maximum atomic E-state index is 3.41. The Kier molecular flexibility index (Phi) is 6.37. The molecule has 0 unspecified atom stereocenters. The molecule has 96 valence electrons. The van der Waals surface area contributed by atoms with Crippen LogP contribution in [0.3, 0.4) is 0 Å². The molecule has 0 aromatic carbocycles. The summed E-state index contributed by atoms with van der Waals surface area (Å²) in [6.45, 7) is 9.61. The van der Waals surface area contributed by atoms with Gasteiger partial charge in [-0.05, 0) is 44.8 Å². The highest BCUT2D eigenvalue weighted by molar-refractivity contribution is 4.88. The minimum Gasteiger partial charge on any atom is -0.319 e. The van der Waals surface area contributed by atoms with Crippen LogP contribution in [-0.4, -0.2) is 38.1 Å². The molecular formula is C14H30N2. The van der Waals surface area contributed by atoms with Crippen LogP contribution in [0.5, 0.6) is 0 Å². The Hall–Kier alpha value is -0.0800. The SMILES string of the molecule is CCCCN(CC)CC1(CNC)CCCC1. The zero-order valence-corrected chi connectivity index (χ0v) is 11.5. The predicted octanol–water partition coefficient (Wildman–Crippen LogP) is 2.89. The standard InChI is InChI=1S/C14H30N2/c1-4-6-11-16(5-2)13-14(12-15-3)9-7-8-10-14/h15H,4-13H2,1-3H3. The summed E-state index contributed by atoms with van der Waals surface area (Å²) < 4.78 is 0. The third-order valence-corrected chi connectivity index (χ3v) is 4.05. The zero-order chi connectivity index (χ0) is 11.9. The van der Waals surface area contributed by atoms with Gasteiger partial charge in [0.05, 0.1) is 0 Å². The van der Waals surface area contributed by atoms with E-state index in [-0.39, 0.29) is 0 Å². The highest BCUT2D eigenvalue weighted by Gasteiger charge is 2.34.